The molecule has 0 aliphatic heterocycles. The van der Waals surface area contributed by atoms with Crippen LogP contribution in [0.15, 0.2) is 18.2 Å². The third kappa shape index (κ3) is 1.81. The number of aromatic nitrogens is 1. The summed E-state index contributed by atoms with van der Waals surface area (Å²) in [6.45, 7) is 4.09. The van der Waals surface area contributed by atoms with E-state index in [4.69, 9.17) is 5.11 Å². The minimum absolute atomic E-state index is 0.173. The summed E-state index contributed by atoms with van der Waals surface area (Å²) in [5.41, 5.74) is 4.52. The van der Waals surface area contributed by atoms with E-state index in [-0.39, 0.29) is 6.42 Å². The van der Waals surface area contributed by atoms with Crippen molar-refractivity contribution in [3.63, 3.8) is 0 Å². The summed E-state index contributed by atoms with van der Waals surface area (Å²) in [5, 5.41) is 9.88. The van der Waals surface area contributed by atoms with E-state index in [1.54, 1.807) is 0 Å². The number of carbonyl (C=O) groups is 1. The molecule has 1 aromatic carbocycles. The number of H-pyrrole nitrogens is 1. The second-order valence-corrected chi connectivity index (χ2v) is 4.12. The number of rotatable bonds is 3. The monoisotopic (exact) mass is 217 g/mol. The number of nitrogens with one attached hydrogen (secondary N) is 1. The van der Waals surface area contributed by atoms with E-state index in [1.165, 1.54) is 16.5 Å². The van der Waals surface area contributed by atoms with Crippen molar-refractivity contribution in [2.24, 2.45) is 0 Å². The first-order chi connectivity index (χ1) is 7.59. The van der Waals surface area contributed by atoms with E-state index >= 15 is 0 Å². The molecule has 0 bridgehead atoms. The Morgan fingerprint density at radius 1 is 1.38 bits per heavy atom. The molecule has 0 aliphatic rings. The highest BCUT2D eigenvalue weighted by Crippen LogP contribution is 2.24. The maximum Gasteiger partial charge on any atom is 0.303 e. The number of hydrogen-bond donors (Lipinski definition) is 2. The van der Waals surface area contributed by atoms with E-state index in [1.807, 2.05) is 13.0 Å². The van der Waals surface area contributed by atoms with Crippen LogP contribution in [-0.4, -0.2) is 16.1 Å². The molecule has 2 rings (SSSR count). The predicted molar refractivity (Wildman–Crippen MR) is 63.7 cm³/mol. The Labute approximate surface area is 94.1 Å². The topological polar surface area (TPSA) is 53.1 Å². The van der Waals surface area contributed by atoms with Crippen LogP contribution in [0.25, 0.3) is 10.9 Å². The molecule has 0 saturated heterocycles. The molecule has 1 aromatic heterocycles. The van der Waals surface area contributed by atoms with Crippen LogP contribution >= 0.6 is 0 Å². The zero-order chi connectivity index (χ0) is 11.7. The van der Waals surface area contributed by atoms with E-state index < -0.39 is 5.97 Å². The molecule has 84 valence electrons. The number of carboxylic acids is 1. The lowest BCUT2D eigenvalue weighted by Crippen LogP contribution is -1.98. The number of carboxylic acid groups (broad SMARTS) is 1. The maximum atomic E-state index is 10.6. The van der Waals surface area contributed by atoms with E-state index in [2.05, 4.69) is 24.0 Å². The first-order valence-electron chi connectivity index (χ1n) is 5.38. The molecule has 0 atom stereocenters. The van der Waals surface area contributed by atoms with Crippen molar-refractivity contribution in [1.82, 2.24) is 4.98 Å². The normalized spacial score (nSPS) is 10.9. The number of hydrogen-bond acceptors (Lipinski definition) is 1. The summed E-state index contributed by atoms with van der Waals surface area (Å²) < 4.78 is 0. The quantitative estimate of drug-likeness (QED) is 0.830. The summed E-state index contributed by atoms with van der Waals surface area (Å²) >= 11 is 0. The van der Waals surface area contributed by atoms with Gasteiger partial charge in [0.05, 0.1) is 6.42 Å². The highest BCUT2D eigenvalue weighted by Gasteiger charge is 2.09. The van der Waals surface area contributed by atoms with Crippen molar-refractivity contribution in [1.29, 1.82) is 0 Å². The highest BCUT2D eigenvalue weighted by molar-refractivity contribution is 5.87. The van der Waals surface area contributed by atoms with Crippen LogP contribution in [0.5, 0.6) is 0 Å². The van der Waals surface area contributed by atoms with E-state index in [9.17, 15) is 4.79 Å². The fourth-order valence-electron chi connectivity index (χ4n) is 2.04. The predicted octanol–water partition coefficient (Wildman–Crippen LogP) is 2.80. The second-order valence-electron chi connectivity index (χ2n) is 4.12. The van der Waals surface area contributed by atoms with Gasteiger partial charge in [0, 0.05) is 16.6 Å². The van der Waals surface area contributed by atoms with Crippen molar-refractivity contribution >= 4 is 16.9 Å². The molecular weight excluding hydrogens is 202 g/mol. The summed E-state index contributed by atoms with van der Waals surface area (Å²) in [6.07, 6.45) is 0.738. The lowest BCUT2D eigenvalue weighted by molar-refractivity contribution is -0.136. The minimum atomic E-state index is -0.755. The summed E-state index contributed by atoms with van der Waals surface area (Å²) in [6, 6.07) is 6.15. The van der Waals surface area contributed by atoms with Gasteiger partial charge >= 0.3 is 5.97 Å². The van der Waals surface area contributed by atoms with Crippen LogP contribution in [-0.2, 0) is 11.2 Å². The van der Waals surface area contributed by atoms with Crippen LogP contribution in [0, 0.1) is 13.8 Å². The first-order valence-corrected chi connectivity index (χ1v) is 5.38. The van der Waals surface area contributed by atoms with Gasteiger partial charge in [0.25, 0.3) is 0 Å². The summed E-state index contributed by atoms with van der Waals surface area (Å²) in [4.78, 5) is 13.9. The van der Waals surface area contributed by atoms with Gasteiger partial charge in [-0.25, -0.2) is 0 Å². The molecule has 3 nitrogen and oxygen atoms in total. The van der Waals surface area contributed by atoms with Crippen molar-refractivity contribution in [2.75, 3.05) is 0 Å². The van der Waals surface area contributed by atoms with Crippen LogP contribution < -0.4 is 0 Å². The van der Waals surface area contributed by atoms with Crippen LogP contribution in [0.3, 0.4) is 0 Å². The third-order valence-corrected chi connectivity index (χ3v) is 2.99. The molecule has 0 spiro atoms. The van der Waals surface area contributed by atoms with Gasteiger partial charge in [0.15, 0.2) is 0 Å². The molecule has 0 radical (unpaired) electrons. The van der Waals surface area contributed by atoms with Crippen molar-refractivity contribution in [3.05, 3.63) is 35.0 Å². The highest BCUT2D eigenvalue weighted by atomic mass is 16.4. The third-order valence-electron chi connectivity index (χ3n) is 2.99. The Kier molecular flexibility index (Phi) is 2.69. The van der Waals surface area contributed by atoms with E-state index in [0.717, 1.165) is 11.2 Å². The molecule has 3 heteroatoms. The Morgan fingerprint density at radius 2 is 2.12 bits per heavy atom. The number of aliphatic carboxylic acids is 1. The fraction of sp³-hybridized carbons (Fsp3) is 0.308. The van der Waals surface area contributed by atoms with Crippen molar-refractivity contribution in [2.45, 2.75) is 26.7 Å². The SMILES string of the molecule is Cc1c(CCC(=O)O)[nH]c2c(C)cccc12. The molecular formula is C13H15NO2. The Balaban J connectivity index is 2.44. The number of aromatic amines is 1. The van der Waals surface area contributed by atoms with Crippen molar-refractivity contribution in [3.8, 4) is 0 Å². The van der Waals surface area contributed by atoms with Crippen LogP contribution in [0.1, 0.15) is 23.2 Å². The molecule has 2 aromatic rings. The molecule has 0 unspecified atom stereocenters. The lowest BCUT2D eigenvalue weighted by Gasteiger charge is -1.96. The zero-order valence-corrected chi connectivity index (χ0v) is 9.50. The molecule has 0 amide bonds. The number of fused-ring (bicyclic) bond motifs is 1. The number of para-hydroxylation sites is 1. The zero-order valence-electron chi connectivity index (χ0n) is 9.50. The molecule has 0 aliphatic carbocycles. The fourth-order valence-corrected chi connectivity index (χ4v) is 2.04. The average Bonchev–Trinajstić information content (AvgIpc) is 2.55. The molecule has 1 heterocycles. The number of benzene rings is 1. The van der Waals surface area contributed by atoms with Crippen LogP contribution in [0.4, 0.5) is 0 Å². The van der Waals surface area contributed by atoms with Gasteiger partial charge < -0.3 is 10.1 Å². The Bertz CT molecular complexity index is 540. The molecule has 0 saturated carbocycles. The first kappa shape index (κ1) is 10.7. The Morgan fingerprint density at radius 3 is 2.75 bits per heavy atom. The lowest BCUT2D eigenvalue weighted by atomic mass is 10.1. The van der Waals surface area contributed by atoms with Crippen LogP contribution in [0.2, 0.25) is 0 Å². The number of aryl methyl sites for hydroxylation is 3. The van der Waals surface area contributed by atoms with Gasteiger partial charge in [0.2, 0.25) is 0 Å². The Hall–Kier alpha value is -1.77. The second kappa shape index (κ2) is 4.00. The standard InChI is InChI=1S/C13H15NO2/c1-8-4-3-5-10-9(2)11(14-13(8)10)6-7-12(15)16/h3-5,14H,6-7H2,1-2H3,(H,15,16). The van der Waals surface area contributed by atoms with Gasteiger partial charge in [-0.15, -0.1) is 0 Å². The van der Waals surface area contributed by atoms with Gasteiger partial charge in [-0.3, -0.25) is 4.79 Å². The van der Waals surface area contributed by atoms with Crippen molar-refractivity contribution < 1.29 is 9.90 Å². The van der Waals surface area contributed by atoms with Gasteiger partial charge in [-0.2, -0.15) is 0 Å². The van der Waals surface area contributed by atoms with Gasteiger partial charge in [0.1, 0.15) is 0 Å². The maximum absolute atomic E-state index is 10.6. The summed E-state index contributed by atoms with van der Waals surface area (Å²) in [7, 11) is 0. The van der Waals surface area contributed by atoms with Gasteiger partial charge in [-0.05, 0) is 31.4 Å². The van der Waals surface area contributed by atoms with E-state index in [0.29, 0.717) is 6.42 Å². The summed E-state index contributed by atoms with van der Waals surface area (Å²) in [5.74, 6) is -0.755. The van der Waals surface area contributed by atoms with Gasteiger partial charge in [-0.1, -0.05) is 18.2 Å². The smallest absolute Gasteiger partial charge is 0.303 e. The molecule has 16 heavy (non-hydrogen) atoms. The minimum Gasteiger partial charge on any atom is -0.481 e. The molecule has 0 fully saturated rings. The average molecular weight is 217 g/mol. The largest absolute Gasteiger partial charge is 0.481 e. The molecule has 2 N–H and O–H groups in total.